The van der Waals surface area contributed by atoms with Crippen LogP contribution < -0.4 is 10.2 Å². The van der Waals surface area contributed by atoms with E-state index in [4.69, 9.17) is 4.98 Å². The number of hydrogen-bond donors (Lipinski definition) is 1. The highest BCUT2D eigenvalue weighted by atomic mass is 15.2. The summed E-state index contributed by atoms with van der Waals surface area (Å²) >= 11 is 0. The van der Waals surface area contributed by atoms with E-state index in [2.05, 4.69) is 47.5 Å². The van der Waals surface area contributed by atoms with Crippen molar-refractivity contribution < 1.29 is 0 Å². The van der Waals surface area contributed by atoms with Gasteiger partial charge < -0.3 is 10.2 Å². The molecule has 1 aromatic carbocycles. The van der Waals surface area contributed by atoms with E-state index >= 15 is 0 Å². The number of rotatable bonds is 3. The van der Waals surface area contributed by atoms with Gasteiger partial charge in [0.15, 0.2) is 0 Å². The highest BCUT2D eigenvalue weighted by Crippen LogP contribution is 2.29. The SMILES string of the molecule is CNCc1cc2ccccc2c(N2CCC(C)C2)n1. The zero-order chi connectivity index (χ0) is 13.2. The van der Waals surface area contributed by atoms with Crippen LogP contribution >= 0.6 is 0 Å². The van der Waals surface area contributed by atoms with Crippen LogP contribution in [0.3, 0.4) is 0 Å². The zero-order valence-electron chi connectivity index (χ0n) is 11.7. The number of anilines is 1. The Labute approximate surface area is 114 Å². The van der Waals surface area contributed by atoms with E-state index in [1.165, 1.54) is 17.2 Å². The normalized spacial score (nSPS) is 19.3. The molecule has 1 N–H and O–H groups in total. The standard InChI is InChI=1S/C16H21N3/c1-12-7-8-19(11-12)16-15-6-4-3-5-13(15)9-14(18-16)10-17-2/h3-6,9,12,17H,7-8,10-11H2,1-2H3. The molecule has 0 spiro atoms. The van der Waals surface area contributed by atoms with Gasteiger partial charge in [0.25, 0.3) is 0 Å². The van der Waals surface area contributed by atoms with Crippen LogP contribution in [0.25, 0.3) is 10.8 Å². The average Bonchev–Trinajstić information content (AvgIpc) is 2.85. The van der Waals surface area contributed by atoms with Gasteiger partial charge in [-0.15, -0.1) is 0 Å². The highest BCUT2D eigenvalue weighted by Gasteiger charge is 2.21. The van der Waals surface area contributed by atoms with Gasteiger partial charge in [-0.05, 0) is 30.8 Å². The van der Waals surface area contributed by atoms with E-state index in [1.807, 2.05) is 7.05 Å². The monoisotopic (exact) mass is 255 g/mol. The lowest BCUT2D eigenvalue weighted by Crippen LogP contribution is -2.21. The minimum Gasteiger partial charge on any atom is -0.356 e. The van der Waals surface area contributed by atoms with Crippen LogP contribution in [0.1, 0.15) is 19.0 Å². The summed E-state index contributed by atoms with van der Waals surface area (Å²) in [5, 5.41) is 5.76. The Bertz CT molecular complexity index is 579. The smallest absolute Gasteiger partial charge is 0.136 e. The van der Waals surface area contributed by atoms with Gasteiger partial charge in [0, 0.05) is 25.0 Å². The first-order chi connectivity index (χ1) is 9.28. The van der Waals surface area contributed by atoms with Gasteiger partial charge in [0.1, 0.15) is 5.82 Å². The van der Waals surface area contributed by atoms with Crippen LogP contribution in [0.4, 0.5) is 5.82 Å². The second-order valence-corrected chi connectivity index (χ2v) is 5.53. The van der Waals surface area contributed by atoms with Crippen LogP contribution in [0, 0.1) is 5.92 Å². The van der Waals surface area contributed by atoms with Crippen molar-refractivity contribution in [3.8, 4) is 0 Å². The van der Waals surface area contributed by atoms with Gasteiger partial charge in [-0.3, -0.25) is 0 Å². The summed E-state index contributed by atoms with van der Waals surface area (Å²) in [6.07, 6.45) is 1.27. The second-order valence-electron chi connectivity index (χ2n) is 5.53. The number of benzene rings is 1. The number of fused-ring (bicyclic) bond motifs is 1. The molecule has 1 aliphatic heterocycles. The third-order valence-corrected chi connectivity index (χ3v) is 3.85. The molecule has 0 aliphatic carbocycles. The van der Waals surface area contributed by atoms with Gasteiger partial charge in [0.2, 0.25) is 0 Å². The van der Waals surface area contributed by atoms with E-state index in [0.29, 0.717) is 0 Å². The van der Waals surface area contributed by atoms with Crippen molar-refractivity contribution in [1.82, 2.24) is 10.3 Å². The predicted octanol–water partition coefficient (Wildman–Crippen LogP) is 2.80. The van der Waals surface area contributed by atoms with Gasteiger partial charge in [-0.25, -0.2) is 4.98 Å². The van der Waals surface area contributed by atoms with E-state index in [9.17, 15) is 0 Å². The molecule has 19 heavy (non-hydrogen) atoms. The fourth-order valence-corrected chi connectivity index (χ4v) is 2.87. The van der Waals surface area contributed by atoms with Gasteiger partial charge in [-0.2, -0.15) is 0 Å². The quantitative estimate of drug-likeness (QED) is 0.914. The van der Waals surface area contributed by atoms with Crippen molar-refractivity contribution in [3.05, 3.63) is 36.0 Å². The fraction of sp³-hybridized carbons (Fsp3) is 0.438. The lowest BCUT2D eigenvalue weighted by atomic mass is 10.1. The molecule has 1 saturated heterocycles. The Morgan fingerprint density at radius 1 is 1.37 bits per heavy atom. The molecule has 2 heterocycles. The number of nitrogens with zero attached hydrogens (tertiary/aromatic N) is 2. The Hall–Kier alpha value is -1.61. The number of hydrogen-bond acceptors (Lipinski definition) is 3. The van der Waals surface area contributed by atoms with Gasteiger partial charge in [-0.1, -0.05) is 31.2 Å². The van der Waals surface area contributed by atoms with E-state index in [-0.39, 0.29) is 0 Å². The largest absolute Gasteiger partial charge is 0.356 e. The summed E-state index contributed by atoms with van der Waals surface area (Å²) in [4.78, 5) is 7.31. The summed E-state index contributed by atoms with van der Waals surface area (Å²) in [5.41, 5.74) is 1.12. The summed E-state index contributed by atoms with van der Waals surface area (Å²) in [5.74, 6) is 1.93. The summed E-state index contributed by atoms with van der Waals surface area (Å²) in [6, 6.07) is 10.8. The fourth-order valence-electron chi connectivity index (χ4n) is 2.87. The lowest BCUT2D eigenvalue weighted by molar-refractivity contribution is 0.659. The molecule has 1 aliphatic rings. The van der Waals surface area contributed by atoms with Crippen LogP contribution in [0.15, 0.2) is 30.3 Å². The Morgan fingerprint density at radius 2 is 2.21 bits per heavy atom. The van der Waals surface area contributed by atoms with Crippen molar-refractivity contribution in [2.45, 2.75) is 19.9 Å². The van der Waals surface area contributed by atoms with E-state index in [1.54, 1.807) is 0 Å². The van der Waals surface area contributed by atoms with Crippen molar-refractivity contribution in [2.75, 3.05) is 25.0 Å². The third-order valence-electron chi connectivity index (χ3n) is 3.85. The minimum atomic E-state index is 0.772. The first-order valence-electron chi connectivity index (χ1n) is 7.06. The Kier molecular flexibility index (Phi) is 3.38. The van der Waals surface area contributed by atoms with Crippen molar-refractivity contribution in [1.29, 1.82) is 0 Å². The number of pyridine rings is 1. The molecule has 100 valence electrons. The number of nitrogens with one attached hydrogen (secondary N) is 1. The van der Waals surface area contributed by atoms with Crippen LogP contribution in [-0.2, 0) is 6.54 Å². The van der Waals surface area contributed by atoms with Crippen molar-refractivity contribution >= 4 is 16.6 Å². The molecule has 0 amide bonds. The maximum absolute atomic E-state index is 4.87. The molecular weight excluding hydrogens is 234 g/mol. The third kappa shape index (κ3) is 2.43. The summed E-state index contributed by atoms with van der Waals surface area (Å²) in [7, 11) is 1.97. The molecule has 1 aromatic heterocycles. The molecule has 3 heteroatoms. The molecule has 3 rings (SSSR count). The molecule has 1 atom stereocenters. The van der Waals surface area contributed by atoms with Gasteiger partial charge in [0.05, 0.1) is 5.69 Å². The van der Waals surface area contributed by atoms with E-state index in [0.717, 1.165) is 37.1 Å². The maximum atomic E-state index is 4.87. The van der Waals surface area contributed by atoms with E-state index < -0.39 is 0 Å². The highest BCUT2D eigenvalue weighted by molar-refractivity contribution is 5.92. The lowest BCUT2D eigenvalue weighted by Gasteiger charge is -2.20. The average molecular weight is 255 g/mol. The second kappa shape index (κ2) is 5.17. The zero-order valence-corrected chi connectivity index (χ0v) is 11.7. The molecule has 0 bridgehead atoms. The topological polar surface area (TPSA) is 28.2 Å². The first kappa shape index (κ1) is 12.4. The summed E-state index contributed by atoms with van der Waals surface area (Å²) in [6.45, 7) is 5.39. The number of aromatic nitrogens is 1. The Balaban J connectivity index is 2.09. The van der Waals surface area contributed by atoms with Gasteiger partial charge >= 0.3 is 0 Å². The Morgan fingerprint density at radius 3 is 2.95 bits per heavy atom. The van der Waals surface area contributed by atoms with Crippen LogP contribution in [-0.4, -0.2) is 25.1 Å². The summed E-state index contributed by atoms with van der Waals surface area (Å²) < 4.78 is 0. The molecule has 3 nitrogen and oxygen atoms in total. The maximum Gasteiger partial charge on any atom is 0.136 e. The first-order valence-corrected chi connectivity index (χ1v) is 7.06. The molecule has 1 fully saturated rings. The molecule has 0 saturated carbocycles. The van der Waals surface area contributed by atoms with Crippen molar-refractivity contribution in [3.63, 3.8) is 0 Å². The predicted molar refractivity (Wildman–Crippen MR) is 80.5 cm³/mol. The minimum absolute atomic E-state index is 0.772. The molecular formula is C16H21N3. The molecule has 0 radical (unpaired) electrons. The van der Waals surface area contributed by atoms with Crippen LogP contribution in [0.5, 0.6) is 0 Å². The van der Waals surface area contributed by atoms with Crippen LogP contribution in [0.2, 0.25) is 0 Å². The van der Waals surface area contributed by atoms with Crippen molar-refractivity contribution in [2.24, 2.45) is 5.92 Å². The molecule has 1 unspecified atom stereocenters. The molecule has 2 aromatic rings.